The van der Waals surface area contributed by atoms with Crippen molar-refractivity contribution in [2.45, 2.75) is 30.6 Å². The van der Waals surface area contributed by atoms with Crippen molar-refractivity contribution < 1.29 is 23.7 Å². The van der Waals surface area contributed by atoms with Crippen molar-refractivity contribution >= 4 is 5.97 Å². The van der Waals surface area contributed by atoms with E-state index in [1.807, 2.05) is 36.4 Å². The zero-order chi connectivity index (χ0) is 22.8. The number of nitrogens with one attached hydrogen (secondary N) is 1. The van der Waals surface area contributed by atoms with Crippen molar-refractivity contribution in [1.29, 1.82) is 0 Å². The number of fused-ring (bicyclic) bond motifs is 2. The van der Waals surface area contributed by atoms with Crippen LogP contribution in [0, 0.1) is 0 Å². The number of aromatic nitrogens is 2. The first-order valence-electron chi connectivity index (χ1n) is 10.5. The van der Waals surface area contributed by atoms with Crippen LogP contribution in [0.25, 0.3) is 0 Å². The fourth-order valence-electron chi connectivity index (χ4n) is 4.20. The summed E-state index contributed by atoms with van der Waals surface area (Å²) in [6, 6.07) is 19.5. The summed E-state index contributed by atoms with van der Waals surface area (Å²) < 4.78 is 25.2. The van der Waals surface area contributed by atoms with Gasteiger partial charge >= 0.3 is 11.7 Å². The maximum atomic E-state index is 12.5. The zero-order valence-corrected chi connectivity index (χ0v) is 17.6. The maximum absolute atomic E-state index is 12.5. The number of carbonyl (C=O) groups is 1. The van der Waals surface area contributed by atoms with Gasteiger partial charge in [0.25, 0.3) is 5.56 Å². The Morgan fingerprint density at radius 2 is 1.79 bits per heavy atom. The number of carbonyl (C=O) groups excluding carboxylic acids is 1. The van der Waals surface area contributed by atoms with E-state index in [9.17, 15) is 14.4 Å². The minimum Gasteiger partial charge on any atom is -0.459 e. The summed E-state index contributed by atoms with van der Waals surface area (Å²) in [4.78, 5) is 38.7. The molecule has 2 aliphatic heterocycles. The number of nitrogens with zero attached hydrogens (tertiary/aromatic N) is 1. The molecule has 0 saturated carbocycles. The van der Waals surface area contributed by atoms with Gasteiger partial charge in [-0.2, -0.15) is 0 Å². The number of aromatic amines is 1. The molecular weight excluding hydrogens is 428 g/mol. The molecule has 0 spiro atoms. The molecule has 0 radical (unpaired) electrons. The quantitative estimate of drug-likeness (QED) is 0.545. The highest BCUT2D eigenvalue weighted by atomic mass is 16.7. The molecule has 4 atom stereocenters. The van der Waals surface area contributed by atoms with Gasteiger partial charge in [-0.15, -0.1) is 0 Å². The molecule has 0 amide bonds. The second-order valence-corrected chi connectivity index (χ2v) is 8.03. The highest BCUT2D eigenvalue weighted by Crippen LogP contribution is 2.46. The second-order valence-electron chi connectivity index (χ2n) is 8.03. The third-order valence-corrected chi connectivity index (χ3v) is 5.83. The van der Waals surface area contributed by atoms with Crippen LogP contribution in [0.2, 0.25) is 0 Å². The van der Waals surface area contributed by atoms with Gasteiger partial charge in [-0.05, 0) is 17.7 Å². The number of hydrogen-bond donors (Lipinski definition) is 1. The number of hydrogen-bond acceptors (Lipinski definition) is 7. The van der Waals surface area contributed by atoms with Gasteiger partial charge in [0.2, 0.25) is 0 Å². The molecule has 3 heterocycles. The lowest BCUT2D eigenvalue weighted by atomic mass is 10.00. The van der Waals surface area contributed by atoms with Crippen LogP contribution < -0.4 is 11.2 Å². The van der Waals surface area contributed by atoms with E-state index in [0.29, 0.717) is 5.56 Å². The van der Waals surface area contributed by atoms with Crippen LogP contribution in [0.3, 0.4) is 0 Å². The molecule has 170 valence electrons. The third kappa shape index (κ3) is 4.13. The predicted molar refractivity (Wildman–Crippen MR) is 116 cm³/mol. The monoisotopic (exact) mass is 450 g/mol. The van der Waals surface area contributed by atoms with Crippen molar-refractivity contribution in [2.24, 2.45) is 0 Å². The van der Waals surface area contributed by atoms with Gasteiger partial charge in [-0.25, -0.2) is 9.59 Å². The second kappa shape index (κ2) is 8.78. The Morgan fingerprint density at radius 1 is 1.06 bits per heavy atom. The first kappa shape index (κ1) is 21.3. The van der Waals surface area contributed by atoms with E-state index in [-0.39, 0.29) is 19.8 Å². The third-order valence-electron chi connectivity index (χ3n) is 5.83. The van der Waals surface area contributed by atoms with E-state index in [0.717, 1.165) is 5.56 Å². The van der Waals surface area contributed by atoms with Crippen molar-refractivity contribution in [1.82, 2.24) is 9.55 Å². The lowest BCUT2D eigenvalue weighted by molar-refractivity contribution is -0.189. The minimum absolute atomic E-state index is 0.120. The fourth-order valence-corrected chi connectivity index (χ4v) is 4.20. The number of benzene rings is 2. The van der Waals surface area contributed by atoms with Gasteiger partial charge < -0.3 is 18.9 Å². The number of H-pyrrole nitrogens is 1. The highest BCUT2D eigenvalue weighted by Gasteiger charge is 2.64. The predicted octanol–water partition coefficient (Wildman–Crippen LogP) is 1.65. The minimum atomic E-state index is -1.11. The average Bonchev–Trinajstić information content (AvgIpc) is 3.34. The van der Waals surface area contributed by atoms with Crippen LogP contribution in [0.15, 0.2) is 82.5 Å². The molecule has 9 heteroatoms. The average molecular weight is 450 g/mol. The molecule has 2 fully saturated rings. The standard InChI is InChI=1S/C24H22N2O7/c27-18-11-12-26(23(29)25-18)21-19-20(30-13-16-7-3-1-4-8-16)24(33-21,14-31-19)15-32-22(28)17-9-5-2-6-10-17/h1-12,19-21H,13-15H2,(H,25,27,29)/t19-,20+,21-,24-/m1/s1. The van der Waals surface area contributed by atoms with E-state index in [4.69, 9.17) is 18.9 Å². The lowest BCUT2D eigenvalue weighted by Crippen LogP contribution is -2.47. The Hall–Kier alpha value is -3.53. The molecule has 0 aliphatic carbocycles. The summed E-state index contributed by atoms with van der Waals surface area (Å²) >= 11 is 0. The number of rotatable bonds is 7. The molecule has 1 N–H and O–H groups in total. The molecule has 2 bridgehead atoms. The Morgan fingerprint density at radius 3 is 2.52 bits per heavy atom. The van der Waals surface area contributed by atoms with E-state index in [1.54, 1.807) is 24.3 Å². The molecule has 2 saturated heterocycles. The summed E-state index contributed by atoms with van der Waals surface area (Å²) in [7, 11) is 0. The summed E-state index contributed by atoms with van der Waals surface area (Å²) in [5, 5.41) is 0. The van der Waals surface area contributed by atoms with E-state index in [2.05, 4.69) is 4.98 Å². The smallest absolute Gasteiger partial charge is 0.338 e. The molecule has 3 aromatic rings. The van der Waals surface area contributed by atoms with Crippen molar-refractivity contribution in [3.05, 3.63) is 105 Å². The van der Waals surface area contributed by atoms with Crippen molar-refractivity contribution in [3.8, 4) is 0 Å². The fraction of sp³-hybridized carbons (Fsp3) is 0.292. The van der Waals surface area contributed by atoms with E-state index >= 15 is 0 Å². The summed E-state index contributed by atoms with van der Waals surface area (Å²) in [5.41, 5.74) is -0.870. The Labute approximate surface area is 188 Å². The Balaban J connectivity index is 1.40. The Kier molecular flexibility index (Phi) is 5.67. The molecule has 0 unspecified atom stereocenters. The molecule has 1 aromatic heterocycles. The molecule has 33 heavy (non-hydrogen) atoms. The zero-order valence-electron chi connectivity index (χ0n) is 17.6. The van der Waals surface area contributed by atoms with Crippen molar-refractivity contribution in [2.75, 3.05) is 13.2 Å². The SMILES string of the molecule is O=C(OC[C@@]12CO[C@@H]([C@H](n3ccc(=O)[nH]c3=O)O1)[C@@H]2OCc1ccccc1)c1ccccc1. The molecule has 2 aromatic carbocycles. The topological polar surface area (TPSA) is 109 Å². The summed E-state index contributed by atoms with van der Waals surface area (Å²) in [6.07, 6.45) is -0.731. The number of esters is 1. The van der Waals surface area contributed by atoms with Crippen molar-refractivity contribution in [3.63, 3.8) is 0 Å². The van der Waals surface area contributed by atoms with Gasteiger partial charge in [0, 0.05) is 12.3 Å². The van der Waals surface area contributed by atoms with Gasteiger partial charge in [-0.1, -0.05) is 48.5 Å². The van der Waals surface area contributed by atoms with Gasteiger partial charge in [-0.3, -0.25) is 14.3 Å². The van der Waals surface area contributed by atoms with Crippen LogP contribution in [0.1, 0.15) is 22.1 Å². The lowest BCUT2D eigenvalue weighted by Gasteiger charge is -2.31. The van der Waals surface area contributed by atoms with Gasteiger partial charge in [0.15, 0.2) is 11.8 Å². The van der Waals surface area contributed by atoms with Crippen LogP contribution in [0.5, 0.6) is 0 Å². The van der Waals surface area contributed by atoms with Crippen LogP contribution in [0.4, 0.5) is 0 Å². The largest absolute Gasteiger partial charge is 0.459 e. The maximum Gasteiger partial charge on any atom is 0.338 e. The van der Waals surface area contributed by atoms with E-state index < -0.39 is 41.3 Å². The molecule has 5 rings (SSSR count). The normalized spacial score (nSPS) is 25.8. The van der Waals surface area contributed by atoms with Crippen LogP contribution >= 0.6 is 0 Å². The summed E-state index contributed by atoms with van der Waals surface area (Å²) in [5.74, 6) is -0.497. The molecular formula is C24H22N2O7. The summed E-state index contributed by atoms with van der Waals surface area (Å²) in [6.45, 7) is 0.301. The van der Waals surface area contributed by atoms with Gasteiger partial charge in [0.05, 0.1) is 18.8 Å². The first-order valence-corrected chi connectivity index (χ1v) is 10.5. The molecule has 2 aliphatic rings. The molecule has 9 nitrogen and oxygen atoms in total. The Bertz CT molecular complexity index is 1240. The highest BCUT2D eigenvalue weighted by molar-refractivity contribution is 5.89. The van der Waals surface area contributed by atoms with Crippen LogP contribution in [-0.2, 0) is 25.6 Å². The van der Waals surface area contributed by atoms with Crippen LogP contribution in [-0.4, -0.2) is 46.5 Å². The first-order chi connectivity index (χ1) is 16.1. The van der Waals surface area contributed by atoms with E-state index in [1.165, 1.54) is 16.8 Å². The van der Waals surface area contributed by atoms with Gasteiger partial charge in [0.1, 0.15) is 18.8 Å². The number of ether oxygens (including phenoxy) is 4.